The van der Waals surface area contributed by atoms with Gasteiger partial charge in [0.25, 0.3) is 11.6 Å². The number of non-ortho nitro benzene ring substituents is 1. The number of aromatic carboxylic acids is 1. The van der Waals surface area contributed by atoms with E-state index in [4.69, 9.17) is 16.3 Å². The molecular formula is C19H15ClN4O6. The number of nitrogens with zero attached hydrogens (tertiary/aromatic N) is 3. The minimum Gasteiger partial charge on any atom is -0.476 e. The highest BCUT2D eigenvalue weighted by Gasteiger charge is 2.22. The van der Waals surface area contributed by atoms with Gasteiger partial charge in [-0.05, 0) is 30.7 Å². The molecule has 11 heteroatoms. The molecule has 1 aromatic heterocycles. The third kappa shape index (κ3) is 4.55. The topological polar surface area (TPSA) is 137 Å². The van der Waals surface area contributed by atoms with Crippen molar-refractivity contribution < 1.29 is 24.4 Å². The summed E-state index contributed by atoms with van der Waals surface area (Å²) in [6.07, 6.45) is 1.24. The molecule has 2 aromatic carbocycles. The second-order valence-corrected chi connectivity index (χ2v) is 6.72. The van der Waals surface area contributed by atoms with E-state index in [1.165, 1.54) is 30.1 Å². The molecule has 0 aliphatic rings. The van der Waals surface area contributed by atoms with Crippen LogP contribution in [-0.4, -0.2) is 31.7 Å². The number of nitro groups is 1. The Morgan fingerprint density at radius 1 is 1.23 bits per heavy atom. The van der Waals surface area contributed by atoms with Crippen molar-refractivity contribution in [2.24, 2.45) is 7.05 Å². The van der Waals surface area contributed by atoms with Crippen LogP contribution in [0.3, 0.4) is 0 Å². The van der Waals surface area contributed by atoms with Gasteiger partial charge in [-0.1, -0.05) is 11.6 Å². The molecule has 0 unspecified atom stereocenters. The standard InChI is InChI=1S/C19H15ClN4O6/c1-10-5-13(3-4-16(10)20)30-14-7-11(6-12(8-14)24(28)29)21-18(25)15-9-23(2)22-17(15)19(26)27/h3-9H,1-2H3,(H,21,25)(H,26,27). The third-order valence-electron chi connectivity index (χ3n) is 4.00. The van der Waals surface area contributed by atoms with Crippen LogP contribution in [0.5, 0.6) is 11.5 Å². The Morgan fingerprint density at radius 3 is 2.60 bits per heavy atom. The van der Waals surface area contributed by atoms with Crippen molar-refractivity contribution in [3.63, 3.8) is 0 Å². The molecule has 1 amide bonds. The number of hydrogen-bond acceptors (Lipinski definition) is 6. The largest absolute Gasteiger partial charge is 0.476 e. The van der Waals surface area contributed by atoms with Gasteiger partial charge in [0.2, 0.25) is 0 Å². The lowest BCUT2D eigenvalue weighted by molar-refractivity contribution is -0.384. The fraction of sp³-hybridized carbons (Fsp3) is 0.105. The maximum absolute atomic E-state index is 12.5. The predicted octanol–water partition coefficient (Wildman–Crippen LogP) is 4.03. The van der Waals surface area contributed by atoms with Gasteiger partial charge in [0, 0.05) is 30.4 Å². The van der Waals surface area contributed by atoms with Gasteiger partial charge in [-0.2, -0.15) is 5.10 Å². The molecule has 0 spiro atoms. The number of carbonyl (C=O) groups excluding carboxylic acids is 1. The van der Waals surface area contributed by atoms with Crippen LogP contribution in [0.4, 0.5) is 11.4 Å². The van der Waals surface area contributed by atoms with Crippen LogP contribution in [0.25, 0.3) is 0 Å². The lowest BCUT2D eigenvalue weighted by Gasteiger charge is -2.10. The molecule has 0 radical (unpaired) electrons. The molecule has 0 saturated carbocycles. The van der Waals surface area contributed by atoms with Crippen LogP contribution >= 0.6 is 11.6 Å². The number of carboxylic acids is 1. The summed E-state index contributed by atoms with van der Waals surface area (Å²) in [6.45, 7) is 1.78. The van der Waals surface area contributed by atoms with Crippen LogP contribution in [0.2, 0.25) is 5.02 Å². The molecule has 3 rings (SSSR count). The van der Waals surface area contributed by atoms with Gasteiger partial charge in [-0.15, -0.1) is 0 Å². The van der Waals surface area contributed by atoms with Crippen LogP contribution < -0.4 is 10.1 Å². The SMILES string of the molecule is Cc1cc(Oc2cc(NC(=O)c3cn(C)nc3C(=O)O)cc([N+](=O)[O-])c2)ccc1Cl. The summed E-state index contributed by atoms with van der Waals surface area (Å²) in [6, 6.07) is 8.60. The minimum atomic E-state index is -1.37. The molecular weight excluding hydrogens is 416 g/mol. The van der Waals surface area contributed by atoms with E-state index in [1.807, 2.05) is 0 Å². The number of carbonyl (C=O) groups is 2. The summed E-state index contributed by atoms with van der Waals surface area (Å²) in [5.41, 5.74) is -0.139. The molecule has 0 aliphatic carbocycles. The first-order valence-electron chi connectivity index (χ1n) is 8.46. The van der Waals surface area contributed by atoms with Gasteiger partial charge in [-0.25, -0.2) is 4.79 Å². The van der Waals surface area contributed by atoms with Crippen molar-refractivity contribution in [1.82, 2.24) is 9.78 Å². The summed E-state index contributed by atoms with van der Waals surface area (Å²) in [5.74, 6) is -1.66. The average Bonchev–Trinajstić information content (AvgIpc) is 3.07. The van der Waals surface area contributed by atoms with E-state index >= 15 is 0 Å². The number of benzene rings is 2. The third-order valence-corrected chi connectivity index (χ3v) is 4.43. The molecule has 1 heterocycles. The fourth-order valence-electron chi connectivity index (χ4n) is 2.65. The zero-order valence-electron chi connectivity index (χ0n) is 15.7. The monoisotopic (exact) mass is 430 g/mol. The molecule has 30 heavy (non-hydrogen) atoms. The molecule has 0 atom stereocenters. The van der Waals surface area contributed by atoms with E-state index in [9.17, 15) is 24.8 Å². The second-order valence-electron chi connectivity index (χ2n) is 6.31. The zero-order chi connectivity index (χ0) is 22.0. The molecule has 0 bridgehead atoms. The van der Waals surface area contributed by atoms with Crippen molar-refractivity contribution in [2.45, 2.75) is 6.92 Å². The van der Waals surface area contributed by atoms with Gasteiger partial charge in [0.1, 0.15) is 11.5 Å². The molecule has 154 valence electrons. The van der Waals surface area contributed by atoms with E-state index < -0.39 is 22.5 Å². The highest BCUT2D eigenvalue weighted by molar-refractivity contribution is 6.31. The molecule has 3 aromatic rings. The second kappa shape index (κ2) is 8.21. The van der Waals surface area contributed by atoms with Crippen molar-refractivity contribution in [3.8, 4) is 11.5 Å². The number of carboxylic acid groups (broad SMARTS) is 1. The number of hydrogen-bond donors (Lipinski definition) is 2. The number of aromatic nitrogens is 2. The van der Waals surface area contributed by atoms with Crippen LogP contribution in [0.1, 0.15) is 26.4 Å². The number of aryl methyl sites for hydroxylation is 2. The smallest absolute Gasteiger partial charge is 0.357 e. The van der Waals surface area contributed by atoms with Crippen molar-refractivity contribution >= 4 is 34.9 Å². The maximum atomic E-state index is 12.5. The fourth-order valence-corrected chi connectivity index (χ4v) is 2.77. The number of rotatable bonds is 6. The van der Waals surface area contributed by atoms with Gasteiger partial charge in [-0.3, -0.25) is 19.6 Å². The lowest BCUT2D eigenvalue weighted by atomic mass is 10.2. The normalized spacial score (nSPS) is 10.5. The number of nitro benzene ring substituents is 1. The van der Waals surface area contributed by atoms with Gasteiger partial charge >= 0.3 is 5.97 Å². The Kier molecular flexibility index (Phi) is 5.70. The van der Waals surface area contributed by atoms with E-state index in [-0.39, 0.29) is 22.7 Å². The van der Waals surface area contributed by atoms with Gasteiger partial charge in [0.05, 0.1) is 22.2 Å². The number of nitrogens with one attached hydrogen (secondary N) is 1. The van der Waals surface area contributed by atoms with Gasteiger partial charge < -0.3 is 15.2 Å². The number of halogens is 1. The first-order chi connectivity index (χ1) is 14.1. The van der Waals surface area contributed by atoms with E-state index in [0.29, 0.717) is 10.8 Å². The van der Waals surface area contributed by atoms with Crippen LogP contribution in [0.15, 0.2) is 42.6 Å². The highest BCUT2D eigenvalue weighted by atomic mass is 35.5. The van der Waals surface area contributed by atoms with Gasteiger partial charge in [0.15, 0.2) is 5.69 Å². The van der Waals surface area contributed by atoms with E-state index in [0.717, 1.165) is 11.6 Å². The van der Waals surface area contributed by atoms with Crippen molar-refractivity contribution in [1.29, 1.82) is 0 Å². The van der Waals surface area contributed by atoms with Crippen LogP contribution in [0, 0.1) is 17.0 Å². The Balaban J connectivity index is 1.93. The first-order valence-corrected chi connectivity index (χ1v) is 8.83. The summed E-state index contributed by atoms with van der Waals surface area (Å²) in [7, 11) is 1.47. The molecule has 10 nitrogen and oxygen atoms in total. The number of anilines is 1. The average molecular weight is 431 g/mol. The Labute approximate surface area is 174 Å². The summed E-state index contributed by atoms with van der Waals surface area (Å²) >= 11 is 5.99. The summed E-state index contributed by atoms with van der Waals surface area (Å²) in [5, 5.41) is 27.2. The number of ether oxygens (including phenoxy) is 1. The highest BCUT2D eigenvalue weighted by Crippen LogP contribution is 2.31. The van der Waals surface area contributed by atoms with Crippen molar-refractivity contribution in [2.75, 3.05) is 5.32 Å². The van der Waals surface area contributed by atoms with E-state index in [1.54, 1.807) is 25.1 Å². The predicted molar refractivity (Wildman–Crippen MR) is 107 cm³/mol. The zero-order valence-corrected chi connectivity index (χ0v) is 16.5. The quantitative estimate of drug-likeness (QED) is 0.444. The minimum absolute atomic E-state index is 0.0510. The first kappa shape index (κ1) is 20.8. The molecule has 2 N–H and O–H groups in total. The van der Waals surface area contributed by atoms with Crippen molar-refractivity contribution in [3.05, 3.63) is 74.6 Å². The Hall–Kier alpha value is -3.92. The maximum Gasteiger partial charge on any atom is 0.357 e. The molecule has 0 aliphatic heterocycles. The molecule has 0 saturated heterocycles. The summed E-state index contributed by atoms with van der Waals surface area (Å²) in [4.78, 5) is 34.5. The Bertz CT molecular complexity index is 1170. The molecule has 0 fully saturated rings. The van der Waals surface area contributed by atoms with E-state index in [2.05, 4.69) is 10.4 Å². The summed E-state index contributed by atoms with van der Waals surface area (Å²) < 4.78 is 6.86. The Morgan fingerprint density at radius 2 is 1.97 bits per heavy atom. The number of amides is 1. The lowest BCUT2D eigenvalue weighted by Crippen LogP contribution is -2.15. The van der Waals surface area contributed by atoms with Crippen LogP contribution in [-0.2, 0) is 7.05 Å².